The van der Waals surface area contributed by atoms with Gasteiger partial charge in [0, 0.05) is 0 Å². The molecule has 0 saturated carbocycles. The van der Waals surface area contributed by atoms with E-state index in [0.29, 0.717) is 12.4 Å². The fourth-order valence-corrected chi connectivity index (χ4v) is 1.30. The van der Waals surface area contributed by atoms with Crippen molar-refractivity contribution in [2.45, 2.75) is 6.92 Å². The lowest BCUT2D eigenvalue weighted by Gasteiger charge is -2.10. The summed E-state index contributed by atoms with van der Waals surface area (Å²) in [4.78, 5) is 10.9. The molecule has 0 radical (unpaired) electrons. The van der Waals surface area contributed by atoms with Crippen LogP contribution in [0.15, 0.2) is 18.2 Å². The Labute approximate surface area is 99.6 Å². The van der Waals surface area contributed by atoms with Crippen LogP contribution in [0.5, 0.6) is 5.75 Å². The van der Waals surface area contributed by atoms with Crippen LogP contribution in [0.3, 0.4) is 0 Å². The smallest absolute Gasteiger partial charge is 0.339 e. The van der Waals surface area contributed by atoms with E-state index in [2.05, 4.69) is 0 Å². The highest BCUT2D eigenvalue weighted by Gasteiger charge is 2.10. The van der Waals surface area contributed by atoms with E-state index in [1.54, 1.807) is 12.1 Å². The van der Waals surface area contributed by atoms with Gasteiger partial charge < -0.3 is 19.7 Å². The van der Waals surface area contributed by atoms with Crippen LogP contribution in [0.25, 0.3) is 0 Å². The number of benzene rings is 1. The predicted octanol–water partition coefficient (Wildman–Crippen LogP) is 1.08. The third kappa shape index (κ3) is 4.42. The molecule has 0 aliphatic carbocycles. The molecule has 0 aliphatic rings. The van der Waals surface area contributed by atoms with Gasteiger partial charge in [0.2, 0.25) is 0 Å². The minimum atomic E-state index is -1.02. The zero-order chi connectivity index (χ0) is 12.7. The van der Waals surface area contributed by atoms with Crippen molar-refractivity contribution in [2.75, 3.05) is 26.4 Å². The first-order valence-corrected chi connectivity index (χ1v) is 5.30. The number of aromatic carboxylic acids is 1. The van der Waals surface area contributed by atoms with Crippen molar-refractivity contribution in [2.24, 2.45) is 0 Å². The molecule has 1 aromatic carbocycles. The molecule has 0 bridgehead atoms. The lowest BCUT2D eigenvalue weighted by atomic mass is 10.1. The monoisotopic (exact) mass is 240 g/mol. The Hall–Kier alpha value is -1.59. The number of aliphatic hydroxyl groups excluding tert-OH is 1. The second-order valence-corrected chi connectivity index (χ2v) is 3.49. The highest BCUT2D eigenvalue weighted by molar-refractivity contribution is 5.90. The summed E-state index contributed by atoms with van der Waals surface area (Å²) < 4.78 is 10.4. The number of aliphatic hydroxyl groups is 1. The van der Waals surface area contributed by atoms with Crippen LogP contribution in [0, 0.1) is 6.92 Å². The summed E-state index contributed by atoms with van der Waals surface area (Å²) in [6.07, 6.45) is 0. The van der Waals surface area contributed by atoms with Gasteiger partial charge in [0.25, 0.3) is 0 Å². The van der Waals surface area contributed by atoms with Crippen LogP contribution in [0.1, 0.15) is 15.9 Å². The van der Waals surface area contributed by atoms with Crippen molar-refractivity contribution < 1.29 is 24.5 Å². The Morgan fingerprint density at radius 1 is 1.29 bits per heavy atom. The van der Waals surface area contributed by atoms with Gasteiger partial charge in [0.15, 0.2) is 0 Å². The van der Waals surface area contributed by atoms with Gasteiger partial charge in [0.05, 0.1) is 19.8 Å². The molecule has 0 unspecified atom stereocenters. The SMILES string of the molecule is Cc1ccc(C(=O)O)c(OCCOCCO)c1. The van der Waals surface area contributed by atoms with E-state index in [4.69, 9.17) is 19.7 Å². The second-order valence-electron chi connectivity index (χ2n) is 3.49. The highest BCUT2D eigenvalue weighted by Crippen LogP contribution is 2.20. The topological polar surface area (TPSA) is 76.0 Å². The van der Waals surface area contributed by atoms with Gasteiger partial charge in [-0.05, 0) is 24.6 Å². The van der Waals surface area contributed by atoms with E-state index in [1.165, 1.54) is 6.07 Å². The summed E-state index contributed by atoms with van der Waals surface area (Å²) in [6.45, 7) is 2.64. The summed E-state index contributed by atoms with van der Waals surface area (Å²) >= 11 is 0. The van der Waals surface area contributed by atoms with Crippen molar-refractivity contribution in [3.05, 3.63) is 29.3 Å². The number of rotatable bonds is 7. The minimum Gasteiger partial charge on any atom is -0.490 e. The summed E-state index contributed by atoms with van der Waals surface area (Å²) in [5, 5.41) is 17.4. The zero-order valence-corrected chi connectivity index (χ0v) is 9.68. The Morgan fingerprint density at radius 3 is 2.71 bits per heavy atom. The number of ether oxygens (including phenoxy) is 2. The van der Waals surface area contributed by atoms with E-state index in [-0.39, 0.29) is 25.4 Å². The normalized spacial score (nSPS) is 10.2. The number of carbonyl (C=O) groups is 1. The van der Waals surface area contributed by atoms with E-state index in [9.17, 15) is 4.79 Å². The van der Waals surface area contributed by atoms with Crippen LogP contribution >= 0.6 is 0 Å². The number of aryl methyl sites for hydroxylation is 1. The van der Waals surface area contributed by atoms with E-state index in [0.717, 1.165) is 5.56 Å². The summed E-state index contributed by atoms with van der Waals surface area (Å²) in [6, 6.07) is 4.91. The Bertz CT molecular complexity index is 375. The molecule has 5 heteroatoms. The maximum Gasteiger partial charge on any atom is 0.339 e. The van der Waals surface area contributed by atoms with Crippen molar-refractivity contribution >= 4 is 5.97 Å². The van der Waals surface area contributed by atoms with Gasteiger partial charge in [-0.2, -0.15) is 0 Å². The standard InChI is InChI=1S/C12H16O5/c1-9-2-3-10(12(14)15)11(8-9)17-7-6-16-5-4-13/h2-3,8,13H,4-7H2,1H3,(H,14,15). The molecule has 17 heavy (non-hydrogen) atoms. The number of hydrogen-bond acceptors (Lipinski definition) is 4. The van der Waals surface area contributed by atoms with Crippen LogP contribution < -0.4 is 4.74 Å². The molecule has 1 aromatic rings. The van der Waals surface area contributed by atoms with E-state index >= 15 is 0 Å². The van der Waals surface area contributed by atoms with Gasteiger partial charge in [-0.1, -0.05) is 6.07 Å². The molecular weight excluding hydrogens is 224 g/mol. The number of hydrogen-bond donors (Lipinski definition) is 2. The number of carboxylic acids is 1. The first-order valence-electron chi connectivity index (χ1n) is 5.30. The molecule has 1 rings (SSSR count). The second kappa shape index (κ2) is 6.88. The third-order valence-corrected chi connectivity index (χ3v) is 2.09. The minimum absolute atomic E-state index is 0.0369. The fourth-order valence-electron chi connectivity index (χ4n) is 1.30. The van der Waals surface area contributed by atoms with Gasteiger partial charge in [0.1, 0.15) is 17.9 Å². The lowest BCUT2D eigenvalue weighted by molar-refractivity contribution is 0.0656. The average molecular weight is 240 g/mol. The molecule has 0 aliphatic heterocycles. The fraction of sp³-hybridized carbons (Fsp3) is 0.417. The first-order chi connectivity index (χ1) is 8.15. The van der Waals surface area contributed by atoms with Crippen LogP contribution in [-0.2, 0) is 4.74 Å². The Kier molecular flexibility index (Phi) is 5.45. The summed E-state index contributed by atoms with van der Waals surface area (Å²) in [7, 11) is 0. The Balaban J connectivity index is 2.56. The molecule has 94 valence electrons. The average Bonchev–Trinajstić information content (AvgIpc) is 2.28. The molecule has 0 heterocycles. The van der Waals surface area contributed by atoms with Crippen molar-refractivity contribution in [1.29, 1.82) is 0 Å². The van der Waals surface area contributed by atoms with E-state index < -0.39 is 5.97 Å². The third-order valence-electron chi connectivity index (χ3n) is 2.09. The van der Waals surface area contributed by atoms with Crippen LogP contribution in [-0.4, -0.2) is 42.6 Å². The van der Waals surface area contributed by atoms with Crippen molar-refractivity contribution in [3.63, 3.8) is 0 Å². The van der Waals surface area contributed by atoms with Crippen molar-refractivity contribution in [1.82, 2.24) is 0 Å². The largest absolute Gasteiger partial charge is 0.490 e. The molecule has 2 N–H and O–H groups in total. The molecule has 0 spiro atoms. The number of carboxylic acid groups (broad SMARTS) is 1. The predicted molar refractivity (Wildman–Crippen MR) is 61.5 cm³/mol. The maximum absolute atomic E-state index is 10.9. The molecule has 0 saturated heterocycles. The maximum atomic E-state index is 10.9. The quantitative estimate of drug-likeness (QED) is 0.697. The molecular formula is C12H16O5. The van der Waals surface area contributed by atoms with Crippen molar-refractivity contribution in [3.8, 4) is 5.75 Å². The van der Waals surface area contributed by atoms with Crippen LogP contribution in [0.2, 0.25) is 0 Å². The summed E-state index contributed by atoms with van der Waals surface area (Å²) in [5.74, 6) is -0.679. The lowest BCUT2D eigenvalue weighted by Crippen LogP contribution is -2.11. The van der Waals surface area contributed by atoms with Crippen LogP contribution in [0.4, 0.5) is 0 Å². The van der Waals surface area contributed by atoms with Gasteiger partial charge >= 0.3 is 5.97 Å². The molecule has 0 atom stereocenters. The Morgan fingerprint density at radius 2 is 2.06 bits per heavy atom. The molecule has 0 amide bonds. The molecule has 0 fully saturated rings. The van der Waals surface area contributed by atoms with E-state index in [1.807, 2.05) is 6.92 Å². The first kappa shape index (κ1) is 13.5. The summed E-state index contributed by atoms with van der Waals surface area (Å²) in [5.41, 5.74) is 1.07. The van der Waals surface area contributed by atoms with Gasteiger partial charge in [-0.3, -0.25) is 0 Å². The van der Waals surface area contributed by atoms with Gasteiger partial charge in [-0.25, -0.2) is 4.79 Å². The molecule has 5 nitrogen and oxygen atoms in total. The van der Waals surface area contributed by atoms with Gasteiger partial charge in [-0.15, -0.1) is 0 Å². The zero-order valence-electron chi connectivity index (χ0n) is 9.68. The molecule has 0 aromatic heterocycles. The highest BCUT2D eigenvalue weighted by atomic mass is 16.5.